The number of nitrogens with one attached hydrogen (secondary N) is 2. The molecule has 0 radical (unpaired) electrons. The number of pyridine rings is 1. The Hall–Kier alpha value is -1.86. The van der Waals surface area contributed by atoms with Gasteiger partial charge in [-0.3, -0.25) is 9.89 Å². The zero-order valence-electron chi connectivity index (χ0n) is 20.3. The normalized spacial score (nSPS) is 23.2. The van der Waals surface area contributed by atoms with Gasteiger partial charge in [0.05, 0.1) is 0 Å². The summed E-state index contributed by atoms with van der Waals surface area (Å²) in [4.78, 5) is 16.7. The van der Waals surface area contributed by atoms with Gasteiger partial charge in [0.1, 0.15) is 5.82 Å². The number of guanidine groups is 1. The lowest BCUT2D eigenvalue weighted by Gasteiger charge is -2.48. The lowest BCUT2D eigenvalue weighted by Crippen LogP contribution is -2.59. The van der Waals surface area contributed by atoms with Crippen molar-refractivity contribution in [3.8, 4) is 0 Å². The van der Waals surface area contributed by atoms with E-state index in [2.05, 4.69) is 54.5 Å². The summed E-state index contributed by atoms with van der Waals surface area (Å²) in [6, 6.07) is 4.33. The van der Waals surface area contributed by atoms with E-state index in [9.17, 15) is 0 Å². The lowest BCUT2D eigenvalue weighted by atomic mass is 9.79. The number of nitrogens with zero attached hydrogens (tertiary/aromatic N) is 5. The second-order valence-corrected chi connectivity index (χ2v) is 9.92. The number of hydrogen-bond acceptors (Lipinski definition) is 5. The monoisotopic (exact) mass is 441 g/mol. The molecule has 1 aromatic rings. The van der Waals surface area contributed by atoms with E-state index < -0.39 is 0 Å². The molecule has 3 fully saturated rings. The van der Waals surface area contributed by atoms with Crippen molar-refractivity contribution >= 4 is 11.8 Å². The fourth-order valence-electron chi connectivity index (χ4n) is 5.62. The lowest BCUT2D eigenvalue weighted by molar-refractivity contribution is 0.0368. The third-order valence-electron chi connectivity index (χ3n) is 7.72. The molecule has 0 amide bonds. The van der Waals surface area contributed by atoms with Crippen LogP contribution in [0.25, 0.3) is 0 Å². The second kappa shape index (κ2) is 11.3. The maximum absolute atomic E-state index is 4.62. The van der Waals surface area contributed by atoms with Crippen LogP contribution >= 0.6 is 0 Å². The molecule has 3 aliphatic rings. The SMILES string of the molecule is CN=C(NCc1ccnc(N2CCN(C)CC2)c1)NCC1(N2CCCCC2)CCCCC1. The van der Waals surface area contributed by atoms with Crippen molar-refractivity contribution in [2.24, 2.45) is 4.99 Å². The van der Waals surface area contributed by atoms with E-state index in [0.29, 0.717) is 5.54 Å². The van der Waals surface area contributed by atoms with Gasteiger partial charge >= 0.3 is 0 Å². The Morgan fingerprint density at radius 2 is 1.69 bits per heavy atom. The topological polar surface area (TPSA) is 59.0 Å². The van der Waals surface area contributed by atoms with Crippen molar-refractivity contribution in [2.75, 3.05) is 64.8 Å². The summed E-state index contributed by atoms with van der Waals surface area (Å²) < 4.78 is 0. The molecule has 0 spiro atoms. The maximum Gasteiger partial charge on any atom is 0.191 e. The van der Waals surface area contributed by atoms with Gasteiger partial charge in [0, 0.05) is 58.1 Å². The fraction of sp³-hybridized carbons (Fsp3) is 0.760. The number of likely N-dealkylation sites (N-methyl/N-ethyl adjacent to an activating group) is 1. The van der Waals surface area contributed by atoms with E-state index in [1.165, 1.54) is 70.0 Å². The van der Waals surface area contributed by atoms with E-state index in [1.807, 2.05) is 13.2 Å². The molecule has 4 rings (SSSR count). The minimum absolute atomic E-state index is 0.307. The molecule has 2 saturated heterocycles. The second-order valence-electron chi connectivity index (χ2n) is 9.92. The van der Waals surface area contributed by atoms with Crippen LogP contribution in [0.1, 0.15) is 56.9 Å². The van der Waals surface area contributed by atoms with E-state index in [4.69, 9.17) is 0 Å². The van der Waals surface area contributed by atoms with E-state index >= 15 is 0 Å². The van der Waals surface area contributed by atoms with E-state index in [-0.39, 0.29) is 0 Å². The predicted octanol–water partition coefficient (Wildman–Crippen LogP) is 2.69. The van der Waals surface area contributed by atoms with Gasteiger partial charge in [-0.1, -0.05) is 25.7 Å². The average molecular weight is 442 g/mol. The predicted molar refractivity (Wildman–Crippen MR) is 133 cm³/mol. The highest BCUT2D eigenvalue weighted by atomic mass is 15.3. The Kier molecular flexibility index (Phi) is 8.25. The van der Waals surface area contributed by atoms with Crippen LogP contribution in [-0.2, 0) is 6.54 Å². The zero-order valence-corrected chi connectivity index (χ0v) is 20.3. The average Bonchev–Trinajstić information content (AvgIpc) is 2.86. The minimum Gasteiger partial charge on any atom is -0.355 e. The molecule has 1 aliphatic carbocycles. The van der Waals surface area contributed by atoms with Crippen LogP contribution < -0.4 is 15.5 Å². The summed E-state index contributed by atoms with van der Waals surface area (Å²) in [6.45, 7) is 8.57. The third-order valence-corrected chi connectivity index (χ3v) is 7.72. The van der Waals surface area contributed by atoms with Crippen LogP contribution in [0.2, 0.25) is 0 Å². The largest absolute Gasteiger partial charge is 0.355 e. The Morgan fingerprint density at radius 1 is 0.969 bits per heavy atom. The summed E-state index contributed by atoms with van der Waals surface area (Å²) in [6.07, 6.45) is 12.8. The Morgan fingerprint density at radius 3 is 2.41 bits per heavy atom. The summed E-state index contributed by atoms with van der Waals surface area (Å²) in [5, 5.41) is 7.24. The molecule has 7 nitrogen and oxygen atoms in total. The third kappa shape index (κ3) is 5.93. The molecule has 178 valence electrons. The molecule has 0 unspecified atom stereocenters. The van der Waals surface area contributed by atoms with Crippen molar-refractivity contribution < 1.29 is 0 Å². The first kappa shape index (κ1) is 23.3. The van der Waals surface area contributed by atoms with Crippen LogP contribution in [-0.4, -0.2) is 86.2 Å². The van der Waals surface area contributed by atoms with Crippen LogP contribution in [0.4, 0.5) is 5.82 Å². The first-order chi connectivity index (χ1) is 15.7. The standard InChI is InChI=1S/C25H43N7/c1-26-24(29-21-25(10-5-3-6-11-25)32-13-7-4-8-14-32)28-20-22-9-12-27-23(19-22)31-17-15-30(2)16-18-31/h9,12,19H,3-8,10-11,13-18,20-21H2,1-2H3,(H2,26,28,29). The molecule has 1 aromatic heterocycles. The van der Waals surface area contributed by atoms with Crippen LogP contribution in [0, 0.1) is 0 Å². The maximum atomic E-state index is 4.62. The molecule has 0 aromatic carbocycles. The molecule has 3 heterocycles. The quantitative estimate of drug-likeness (QED) is 0.523. The number of anilines is 1. The molecular weight excluding hydrogens is 398 g/mol. The van der Waals surface area contributed by atoms with Crippen LogP contribution in [0.15, 0.2) is 23.3 Å². The number of piperazine rings is 1. The van der Waals surface area contributed by atoms with Crippen LogP contribution in [0.5, 0.6) is 0 Å². The molecule has 0 bridgehead atoms. The summed E-state index contributed by atoms with van der Waals surface area (Å²) in [5.74, 6) is 2.00. The van der Waals surface area contributed by atoms with Crippen molar-refractivity contribution in [3.05, 3.63) is 23.9 Å². The number of aliphatic imine (C=N–C) groups is 1. The van der Waals surface area contributed by atoms with Crippen molar-refractivity contribution in [3.63, 3.8) is 0 Å². The minimum atomic E-state index is 0.307. The van der Waals surface area contributed by atoms with Crippen molar-refractivity contribution in [1.82, 2.24) is 25.4 Å². The number of aromatic nitrogens is 1. The van der Waals surface area contributed by atoms with Crippen LogP contribution in [0.3, 0.4) is 0 Å². The molecule has 7 heteroatoms. The van der Waals surface area contributed by atoms with Gasteiger partial charge < -0.3 is 20.4 Å². The highest BCUT2D eigenvalue weighted by Crippen LogP contribution is 2.35. The first-order valence-electron chi connectivity index (χ1n) is 12.8. The van der Waals surface area contributed by atoms with Gasteiger partial charge in [0.2, 0.25) is 0 Å². The number of likely N-dealkylation sites (tertiary alicyclic amines) is 1. The highest BCUT2D eigenvalue weighted by molar-refractivity contribution is 5.79. The molecule has 2 N–H and O–H groups in total. The van der Waals surface area contributed by atoms with Crippen molar-refractivity contribution in [1.29, 1.82) is 0 Å². The number of piperidine rings is 1. The van der Waals surface area contributed by atoms with E-state index in [1.54, 1.807) is 0 Å². The summed E-state index contributed by atoms with van der Waals surface area (Å²) in [5.41, 5.74) is 1.56. The summed E-state index contributed by atoms with van der Waals surface area (Å²) in [7, 11) is 4.07. The first-order valence-corrected chi connectivity index (χ1v) is 12.8. The van der Waals surface area contributed by atoms with Crippen molar-refractivity contribution in [2.45, 2.75) is 63.5 Å². The van der Waals surface area contributed by atoms with Gasteiger partial charge in [-0.15, -0.1) is 0 Å². The fourth-order valence-corrected chi connectivity index (χ4v) is 5.62. The van der Waals surface area contributed by atoms with Gasteiger partial charge in [0.15, 0.2) is 5.96 Å². The van der Waals surface area contributed by atoms with Gasteiger partial charge in [-0.25, -0.2) is 4.98 Å². The number of rotatable bonds is 6. The Balaban J connectivity index is 1.32. The smallest absolute Gasteiger partial charge is 0.191 e. The molecule has 2 aliphatic heterocycles. The Labute approximate surface area is 194 Å². The summed E-state index contributed by atoms with van der Waals surface area (Å²) >= 11 is 0. The van der Waals surface area contributed by atoms with Gasteiger partial charge in [-0.05, 0) is 63.5 Å². The van der Waals surface area contributed by atoms with Gasteiger partial charge in [0.25, 0.3) is 0 Å². The highest BCUT2D eigenvalue weighted by Gasteiger charge is 2.38. The molecule has 0 atom stereocenters. The van der Waals surface area contributed by atoms with Gasteiger partial charge in [-0.2, -0.15) is 0 Å². The number of hydrogen-bond donors (Lipinski definition) is 2. The Bertz CT molecular complexity index is 730. The zero-order chi connectivity index (χ0) is 22.2. The van der Waals surface area contributed by atoms with E-state index in [0.717, 1.165) is 51.0 Å². The molecule has 1 saturated carbocycles. The molecule has 32 heavy (non-hydrogen) atoms. The molecular formula is C25H43N7.